The van der Waals surface area contributed by atoms with E-state index in [-0.39, 0.29) is 73.4 Å². The van der Waals surface area contributed by atoms with Gasteiger partial charge in [-0.25, -0.2) is 4.79 Å². The van der Waals surface area contributed by atoms with Crippen LogP contribution < -0.4 is 24.9 Å². The highest BCUT2D eigenvalue weighted by atomic mass is 32.2. The molecule has 8 aromatic carbocycles. The number of anilines is 4. The maximum Gasteiger partial charge on any atom is 0.342 e. The maximum absolute atomic E-state index is 13.1. The molecule has 23 heteroatoms. The van der Waals surface area contributed by atoms with Crippen LogP contribution in [0.2, 0.25) is 0 Å². The first-order chi connectivity index (χ1) is 52.1. The molecule has 540 valence electrons. The molecule has 0 bridgehead atoms. The highest BCUT2D eigenvalue weighted by Gasteiger charge is 2.48. The molecule has 1 saturated heterocycles. The Labute approximate surface area is 623 Å². The lowest BCUT2D eigenvalue weighted by Gasteiger charge is -2.26. The summed E-state index contributed by atoms with van der Waals surface area (Å²) < 4.78 is 31.5. The van der Waals surface area contributed by atoms with E-state index >= 15 is 0 Å². The molecule has 6 heterocycles. The molecule has 0 saturated carbocycles. The van der Waals surface area contributed by atoms with Crippen molar-refractivity contribution < 1.29 is 70.5 Å². The summed E-state index contributed by atoms with van der Waals surface area (Å²) in [5.41, 5.74) is 13.3. The molecule has 22 nitrogen and oxygen atoms in total. The standard InChI is InChI=1S/C25H21N3O4.C22H16N2O8S.C19H15NO2.C19H17NO/c29-22(14-16-27-23(30)11-12-24(27)31)26-15-13-25(32)28-17-20-7-2-1-5-18(20)9-10-19-6-3-4-8-21(19)28;25-19(12-21(27)32-24-20(26)11-18(22(24)28)33(29,30)31)23-13-16-7-2-1-5-14(16)9-10-15-6-3-4-8-17(15)23;1-14(21)12-19(22)20-13-17-8-3-2-6-15(17)10-11-16-7-4-5-9-18(16)20;1-2-7-19(21)20-14-17-10-4-3-8-15(17)12-13-16-9-5-6-11-18(16)20/h1-8,11-12H,13-17H2,(H,26,29);1-8,18H,11-13H2,(H,29,30,31);2-9H,12-13H2,1H3;3-6,8-11H,2,7,14H2,1H3. The third-order valence-corrected chi connectivity index (χ3v) is 18.7. The van der Waals surface area contributed by atoms with Gasteiger partial charge in [-0.3, -0.25) is 57.4 Å². The molecule has 8 aromatic rings. The predicted molar refractivity (Wildman–Crippen MR) is 401 cm³/mol. The second-order valence-electron chi connectivity index (χ2n) is 25.1. The van der Waals surface area contributed by atoms with Gasteiger partial charge in [0.1, 0.15) is 12.2 Å². The van der Waals surface area contributed by atoms with E-state index in [9.17, 15) is 61.2 Å². The molecule has 0 spiro atoms. The number of hydrogen-bond acceptors (Lipinski definition) is 14. The van der Waals surface area contributed by atoms with Gasteiger partial charge >= 0.3 is 5.97 Å². The fraction of sp³-hybridized carbons (Fsp3) is 0.188. The van der Waals surface area contributed by atoms with Gasteiger partial charge in [-0.2, -0.15) is 8.42 Å². The Kier molecular flexibility index (Phi) is 24.4. The van der Waals surface area contributed by atoms with E-state index in [1.54, 1.807) is 46.2 Å². The van der Waals surface area contributed by atoms with E-state index in [0.717, 1.165) is 89.6 Å². The van der Waals surface area contributed by atoms with Crippen LogP contribution in [0.3, 0.4) is 0 Å². The van der Waals surface area contributed by atoms with Crippen LogP contribution in [-0.2, 0) is 93.9 Å². The van der Waals surface area contributed by atoms with Crippen LogP contribution in [-0.4, -0.2) is 106 Å². The van der Waals surface area contributed by atoms with Crippen LogP contribution in [0.1, 0.15) is 126 Å². The number of nitrogens with zero attached hydrogens (tertiary/aromatic N) is 6. The van der Waals surface area contributed by atoms with Crippen LogP contribution in [0.15, 0.2) is 206 Å². The molecular formula is C85H69N7O15S. The van der Waals surface area contributed by atoms with Crippen molar-refractivity contribution in [2.75, 3.05) is 32.7 Å². The average Bonchev–Trinajstić information content (AvgIpc) is 1.35. The first kappa shape index (κ1) is 75.6. The van der Waals surface area contributed by atoms with Gasteiger partial charge in [0.05, 0.1) is 61.8 Å². The molecule has 108 heavy (non-hydrogen) atoms. The second-order valence-corrected chi connectivity index (χ2v) is 26.7. The van der Waals surface area contributed by atoms with E-state index < -0.39 is 63.7 Å². The topological polar surface area (TPSA) is 283 Å². The van der Waals surface area contributed by atoms with Crippen LogP contribution in [0.25, 0.3) is 0 Å². The maximum atomic E-state index is 13.1. The van der Waals surface area contributed by atoms with E-state index in [4.69, 9.17) is 4.55 Å². The van der Waals surface area contributed by atoms with Gasteiger partial charge < -0.3 is 29.8 Å². The van der Waals surface area contributed by atoms with Crippen molar-refractivity contribution in [2.45, 2.75) is 90.2 Å². The lowest BCUT2D eigenvalue weighted by atomic mass is 10.0. The number of imide groups is 2. The Hall–Kier alpha value is -13.6. The summed E-state index contributed by atoms with van der Waals surface area (Å²) in [5.74, 6) is 19.2. The number of hydroxylamine groups is 2. The van der Waals surface area contributed by atoms with Crippen molar-refractivity contribution in [1.29, 1.82) is 0 Å². The lowest BCUT2D eigenvalue weighted by molar-refractivity contribution is -0.197. The highest BCUT2D eigenvalue weighted by molar-refractivity contribution is 7.87. The largest absolute Gasteiger partial charge is 0.356 e. The quantitative estimate of drug-likeness (QED) is 0.0444. The highest BCUT2D eigenvalue weighted by Crippen LogP contribution is 2.31. The summed E-state index contributed by atoms with van der Waals surface area (Å²) in [6.07, 6.45) is 2.08. The molecule has 9 amide bonds. The van der Waals surface area contributed by atoms with Gasteiger partial charge in [-0.1, -0.05) is 176 Å². The number of ketones is 1. The van der Waals surface area contributed by atoms with E-state index in [1.165, 1.54) is 24.0 Å². The molecule has 0 aromatic heterocycles. The molecule has 0 radical (unpaired) electrons. The van der Waals surface area contributed by atoms with Crippen molar-refractivity contribution >= 4 is 97.8 Å². The van der Waals surface area contributed by atoms with Gasteiger partial charge in [0.25, 0.3) is 33.7 Å². The summed E-state index contributed by atoms with van der Waals surface area (Å²) in [7, 11) is -4.85. The van der Waals surface area contributed by atoms with E-state index in [0.29, 0.717) is 37.3 Å². The zero-order chi connectivity index (χ0) is 76.4. The number of benzene rings is 8. The number of carbonyl (C=O) groups excluding carboxylic acids is 11. The number of amides is 9. The first-order valence-electron chi connectivity index (χ1n) is 34.4. The Balaban J connectivity index is 0.000000146. The van der Waals surface area contributed by atoms with Crippen molar-refractivity contribution in [3.8, 4) is 47.4 Å². The number of carbonyl (C=O) groups is 11. The number of rotatable bonds is 14. The number of para-hydroxylation sites is 4. The SMILES string of the molecule is CC(=O)CC(=O)N1Cc2ccccc2C#Cc2ccccc21.CCCC(=O)N1Cc2ccccc2C#Cc2ccccc21.O=C(CC(=O)N1Cc2ccccc2C#Cc2ccccc21)ON1C(=O)CC(S(=O)(=O)O)C1=O.O=C(CCN1C(=O)C=CC1=O)NCCC(=O)N1Cc2ccccc2C#Cc2ccccc21. The van der Waals surface area contributed by atoms with Crippen LogP contribution in [0, 0.1) is 47.4 Å². The van der Waals surface area contributed by atoms with Gasteiger partial charge in [0.2, 0.25) is 29.5 Å². The van der Waals surface area contributed by atoms with Gasteiger partial charge in [-0.05, 0) is 108 Å². The van der Waals surface area contributed by atoms with E-state index in [2.05, 4.69) is 57.5 Å². The fourth-order valence-corrected chi connectivity index (χ4v) is 12.9. The predicted octanol–water partition coefficient (Wildman–Crippen LogP) is 9.20. The van der Waals surface area contributed by atoms with Crippen LogP contribution in [0.4, 0.5) is 22.7 Å². The molecule has 1 unspecified atom stereocenters. The monoisotopic (exact) mass is 1460 g/mol. The lowest BCUT2D eigenvalue weighted by Crippen LogP contribution is -2.39. The molecule has 1 atom stereocenters. The minimum absolute atomic E-state index is 0.0110. The van der Waals surface area contributed by atoms with Gasteiger partial charge in [0.15, 0.2) is 5.25 Å². The zero-order valence-corrected chi connectivity index (χ0v) is 59.5. The number of hydrogen-bond donors (Lipinski definition) is 2. The minimum Gasteiger partial charge on any atom is -0.356 e. The number of fused-ring (bicyclic) bond motifs is 8. The first-order valence-corrected chi connectivity index (χ1v) is 35.9. The number of nitrogens with one attached hydrogen (secondary N) is 1. The third-order valence-electron chi connectivity index (χ3n) is 17.6. The van der Waals surface area contributed by atoms with Gasteiger partial charge in [-0.15, -0.1) is 5.06 Å². The van der Waals surface area contributed by atoms with Crippen molar-refractivity contribution in [1.82, 2.24) is 15.3 Å². The molecular weight excluding hydrogens is 1390 g/mol. The van der Waals surface area contributed by atoms with E-state index in [1.807, 2.05) is 170 Å². The Morgan fingerprint density at radius 2 is 0.769 bits per heavy atom. The molecule has 6 aliphatic heterocycles. The van der Waals surface area contributed by atoms with Crippen LogP contribution in [0.5, 0.6) is 0 Å². The summed E-state index contributed by atoms with van der Waals surface area (Å²) >= 11 is 0. The number of Topliss-reactive ketones (excluding diaryl/α,β-unsaturated/α-hetero) is 1. The Morgan fingerprint density at radius 3 is 1.12 bits per heavy atom. The summed E-state index contributed by atoms with van der Waals surface area (Å²) in [5, 5.41) is 0.611. The summed E-state index contributed by atoms with van der Waals surface area (Å²) in [6, 6.07) is 60.5. The molecule has 6 aliphatic rings. The normalized spacial score (nSPS) is 14.3. The molecule has 2 N–H and O–H groups in total. The summed E-state index contributed by atoms with van der Waals surface area (Å²) in [6.45, 7) is 5.14. The fourth-order valence-electron chi connectivity index (χ4n) is 12.1. The van der Waals surface area contributed by atoms with Gasteiger partial charge in [0, 0.05) is 89.0 Å². The van der Waals surface area contributed by atoms with Crippen molar-refractivity contribution in [3.63, 3.8) is 0 Å². The molecule has 0 aliphatic carbocycles. The van der Waals surface area contributed by atoms with Crippen molar-refractivity contribution in [2.24, 2.45) is 0 Å². The molecule has 1 fully saturated rings. The third kappa shape index (κ3) is 18.7. The smallest absolute Gasteiger partial charge is 0.342 e. The summed E-state index contributed by atoms with van der Waals surface area (Å²) in [4.78, 5) is 146. The Morgan fingerprint density at radius 1 is 0.444 bits per heavy atom. The van der Waals surface area contributed by atoms with Crippen molar-refractivity contribution in [3.05, 3.63) is 273 Å². The second kappa shape index (κ2) is 34.8. The minimum atomic E-state index is -4.85. The Bertz CT molecular complexity index is 5390. The van der Waals surface area contributed by atoms with Crippen LogP contribution >= 0.6 is 0 Å². The zero-order valence-electron chi connectivity index (χ0n) is 58.7. The average molecular weight is 1460 g/mol. The molecule has 14 rings (SSSR count).